The molecule has 4 atom stereocenters. The second kappa shape index (κ2) is 24.7. The van der Waals surface area contributed by atoms with Crippen LogP contribution in [0.2, 0.25) is 0 Å². The smallest absolute Gasteiger partial charge is 0.407 e. The van der Waals surface area contributed by atoms with Gasteiger partial charge < -0.3 is 25.0 Å². The van der Waals surface area contributed by atoms with E-state index >= 15 is 0 Å². The first-order valence-corrected chi connectivity index (χ1v) is 23.0. The van der Waals surface area contributed by atoms with Gasteiger partial charge in [-0.3, -0.25) is 28.8 Å². The van der Waals surface area contributed by atoms with Gasteiger partial charge in [0.2, 0.25) is 11.8 Å². The van der Waals surface area contributed by atoms with Gasteiger partial charge in [0, 0.05) is 53.6 Å². The Labute approximate surface area is 369 Å². The molecule has 0 radical (unpaired) electrons. The summed E-state index contributed by atoms with van der Waals surface area (Å²) in [5.74, 6) is -1.49. The first-order chi connectivity index (χ1) is 29.5. The van der Waals surface area contributed by atoms with Gasteiger partial charge in [0.15, 0.2) is 17.3 Å². The monoisotopic (exact) mass is 858 g/mol. The number of nitrogens with zero attached hydrogens (tertiary/aromatic N) is 1. The third-order valence-corrected chi connectivity index (χ3v) is 12.1. The normalized spacial score (nSPS) is 18.4. The van der Waals surface area contributed by atoms with Crippen LogP contribution in [0.4, 0.5) is 4.79 Å². The first-order valence-electron chi connectivity index (χ1n) is 23.0. The van der Waals surface area contributed by atoms with E-state index in [4.69, 9.17) is 9.47 Å². The molecule has 2 N–H and O–H groups in total. The lowest BCUT2D eigenvalue weighted by Gasteiger charge is -2.29. The number of hydrogen-bond acceptors (Lipinski definition) is 9. The van der Waals surface area contributed by atoms with E-state index < -0.39 is 24.0 Å². The van der Waals surface area contributed by atoms with Crippen LogP contribution in [0.1, 0.15) is 138 Å². The Bertz CT molecular complexity index is 1840. The van der Waals surface area contributed by atoms with Crippen molar-refractivity contribution in [1.82, 2.24) is 15.5 Å². The molecule has 3 amide bonds. The molecule has 0 spiro atoms. The van der Waals surface area contributed by atoms with E-state index in [0.29, 0.717) is 106 Å². The van der Waals surface area contributed by atoms with Crippen molar-refractivity contribution in [2.45, 2.75) is 156 Å². The lowest BCUT2D eigenvalue weighted by atomic mass is 9.84. The summed E-state index contributed by atoms with van der Waals surface area (Å²) in [6.45, 7) is 13.9. The zero-order valence-corrected chi connectivity index (χ0v) is 38.2. The number of rotatable bonds is 25. The highest BCUT2D eigenvalue weighted by Crippen LogP contribution is 2.30. The van der Waals surface area contributed by atoms with Crippen molar-refractivity contribution in [1.29, 1.82) is 0 Å². The fourth-order valence-corrected chi connectivity index (χ4v) is 8.22. The van der Waals surface area contributed by atoms with Crippen LogP contribution in [0.15, 0.2) is 64.8 Å². The Hall–Kier alpha value is -4.87. The van der Waals surface area contributed by atoms with E-state index in [1.807, 2.05) is 56.3 Å². The number of unbranched alkanes of at least 4 members (excludes halogenated alkanes) is 2. The van der Waals surface area contributed by atoms with E-state index in [9.17, 15) is 33.6 Å². The average molecular weight is 858 g/mol. The average Bonchev–Trinajstić information content (AvgIpc) is 3.94. The Balaban J connectivity index is 1.32. The van der Waals surface area contributed by atoms with Gasteiger partial charge in [0.1, 0.15) is 0 Å². The molecule has 62 heavy (non-hydrogen) atoms. The molecule has 0 unspecified atom stereocenters. The summed E-state index contributed by atoms with van der Waals surface area (Å²) >= 11 is 0. The van der Waals surface area contributed by atoms with Crippen LogP contribution in [-0.2, 0) is 44.7 Å². The number of benzene rings is 1. The van der Waals surface area contributed by atoms with E-state index in [-0.39, 0.29) is 72.6 Å². The van der Waals surface area contributed by atoms with Crippen molar-refractivity contribution in [3.63, 3.8) is 0 Å². The zero-order chi connectivity index (χ0) is 45.3. The van der Waals surface area contributed by atoms with Crippen molar-refractivity contribution in [3.8, 4) is 0 Å². The number of hydrogen-bond donors (Lipinski definition) is 2. The Kier molecular flexibility index (Phi) is 19.8. The van der Waals surface area contributed by atoms with E-state index in [1.54, 1.807) is 25.7 Å². The molecule has 1 heterocycles. The highest BCUT2D eigenvalue weighted by Gasteiger charge is 2.38. The molecule has 1 saturated carbocycles. The van der Waals surface area contributed by atoms with Crippen LogP contribution < -0.4 is 10.6 Å². The number of esters is 1. The molecule has 12 nitrogen and oxygen atoms in total. The number of carbonyl (C=O) groups excluding carboxylic acids is 7. The molecular formula is C50H71N3O9. The van der Waals surface area contributed by atoms with Gasteiger partial charge in [-0.25, -0.2) is 4.79 Å². The molecule has 1 saturated heterocycles. The van der Waals surface area contributed by atoms with Crippen molar-refractivity contribution < 1.29 is 43.0 Å². The summed E-state index contributed by atoms with van der Waals surface area (Å²) in [5, 5.41) is 5.95. The van der Waals surface area contributed by atoms with Crippen LogP contribution in [0.5, 0.6) is 0 Å². The maximum absolute atomic E-state index is 14.5. The van der Waals surface area contributed by atoms with E-state index in [1.165, 1.54) is 0 Å². The first kappa shape index (κ1) is 49.8. The van der Waals surface area contributed by atoms with Crippen LogP contribution in [-0.4, -0.2) is 84.0 Å². The Morgan fingerprint density at radius 1 is 0.823 bits per heavy atom. The number of nitrogens with one attached hydrogen (secondary N) is 2. The number of ether oxygens (including phenoxy) is 2. The quantitative estimate of drug-likeness (QED) is 0.0428. The number of likely N-dealkylation sites (tertiary alicyclic amines) is 1. The summed E-state index contributed by atoms with van der Waals surface area (Å²) in [6.07, 6.45) is 11.1. The number of alkyl carbamates (subject to hydrolysis) is 1. The minimum Gasteiger partial charge on any atom is -0.466 e. The number of amides is 3. The minimum atomic E-state index is -0.637. The van der Waals surface area contributed by atoms with Crippen LogP contribution in [0.25, 0.3) is 0 Å². The highest BCUT2D eigenvalue weighted by molar-refractivity contribution is 6.24. The summed E-state index contributed by atoms with van der Waals surface area (Å²) < 4.78 is 10.9. The van der Waals surface area contributed by atoms with Crippen molar-refractivity contribution in [2.24, 2.45) is 23.7 Å². The SMILES string of the molecule is CC1=C(C)C(=O)C(CCCOC(=O)CCCCC[C@H](CC(=O)[C@@H]2CCCN2C(=O)[C@H](/C=C/[C@H](CC(C)C)NC(=O)OCC2CC2)Cc2ccccc2)C(=O)NC(C)C)=C(C)C1=O. The molecule has 1 aromatic carbocycles. The summed E-state index contributed by atoms with van der Waals surface area (Å²) in [7, 11) is 0. The van der Waals surface area contributed by atoms with Gasteiger partial charge in [-0.15, -0.1) is 0 Å². The van der Waals surface area contributed by atoms with Crippen LogP contribution in [0.3, 0.4) is 0 Å². The molecule has 3 aliphatic rings. The molecule has 1 aliphatic heterocycles. The number of ketones is 3. The van der Waals surface area contributed by atoms with Crippen molar-refractivity contribution >= 4 is 41.2 Å². The van der Waals surface area contributed by atoms with Crippen molar-refractivity contribution in [3.05, 3.63) is 70.3 Å². The topological polar surface area (TPSA) is 165 Å². The number of carbonyl (C=O) groups is 7. The van der Waals surface area contributed by atoms with Crippen molar-refractivity contribution in [2.75, 3.05) is 19.8 Å². The molecule has 2 fully saturated rings. The second-order valence-electron chi connectivity index (χ2n) is 18.3. The van der Waals surface area contributed by atoms with Gasteiger partial charge in [-0.2, -0.15) is 0 Å². The molecule has 340 valence electrons. The fourth-order valence-electron chi connectivity index (χ4n) is 8.22. The van der Waals surface area contributed by atoms with Crippen LogP contribution in [0, 0.1) is 23.7 Å². The lowest BCUT2D eigenvalue weighted by Crippen LogP contribution is -2.45. The van der Waals surface area contributed by atoms with Gasteiger partial charge in [0.25, 0.3) is 0 Å². The number of allylic oxidation sites excluding steroid dienone is 4. The largest absolute Gasteiger partial charge is 0.466 e. The molecular weight excluding hydrogens is 787 g/mol. The molecule has 0 aromatic heterocycles. The van der Waals surface area contributed by atoms with Gasteiger partial charge >= 0.3 is 12.1 Å². The summed E-state index contributed by atoms with van der Waals surface area (Å²) in [6, 6.07) is 8.68. The molecule has 12 heteroatoms. The minimum absolute atomic E-state index is 0.0104. The highest BCUT2D eigenvalue weighted by atomic mass is 16.5. The molecule has 0 bridgehead atoms. The lowest BCUT2D eigenvalue weighted by molar-refractivity contribution is -0.144. The maximum atomic E-state index is 14.5. The summed E-state index contributed by atoms with van der Waals surface area (Å²) in [5.41, 5.74) is 2.87. The molecule has 4 rings (SSSR count). The second-order valence-corrected chi connectivity index (χ2v) is 18.3. The molecule has 2 aliphatic carbocycles. The fraction of sp³-hybridized carbons (Fsp3) is 0.620. The van der Waals surface area contributed by atoms with Gasteiger partial charge in [0.05, 0.1) is 31.2 Å². The Morgan fingerprint density at radius 3 is 2.21 bits per heavy atom. The van der Waals surface area contributed by atoms with Gasteiger partial charge in [-0.1, -0.05) is 69.2 Å². The number of Topliss-reactive ketones (excluding diaryl/α,β-unsaturated/α-hetero) is 3. The standard InChI is InChI=1S/C50H71N3O9/c1-32(2)28-41(52-50(60)62-31-38-22-23-38)25-24-40(29-37-16-10-8-11-17-37)49(59)53-26-14-20-43(53)44(54)30-39(48(58)51-33(3)4)18-12-9-13-21-45(55)61-27-15-19-42-36(7)46(56)34(5)35(6)47(42)57/h8,10-11,16-17,24-25,32-33,38-41,43H,9,12-15,18-23,26-31H2,1-7H3,(H,51,58)(H,52,60)/b25-24+/t39-,40-,41-,43+/m1/s1. The van der Waals surface area contributed by atoms with Crippen LogP contribution >= 0.6 is 0 Å². The van der Waals surface area contributed by atoms with E-state index in [0.717, 1.165) is 18.4 Å². The zero-order valence-electron chi connectivity index (χ0n) is 38.2. The van der Waals surface area contributed by atoms with Gasteiger partial charge in [-0.05, 0) is 116 Å². The predicted molar refractivity (Wildman–Crippen MR) is 239 cm³/mol. The third-order valence-electron chi connectivity index (χ3n) is 12.1. The van der Waals surface area contributed by atoms with E-state index in [2.05, 4.69) is 24.5 Å². The predicted octanol–water partition coefficient (Wildman–Crippen LogP) is 8.12. The maximum Gasteiger partial charge on any atom is 0.407 e. The Morgan fingerprint density at radius 2 is 1.53 bits per heavy atom. The third kappa shape index (κ3) is 15.8. The molecule has 1 aromatic rings. The summed E-state index contributed by atoms with van der Waals surface area (Å²) in [4.78, 5) is 94.0.